The molecule has 0 aliphatic carbocycles. The second-order valence-corrected chi connectivity index (χ2v) is 3.42. The van der Waals surface area contributed by atoms with Crippen LogP contribution in [0.25, 0.3) is 11.1 Å². The molecule has 0 aliphatic heterocycles. The minimum absolute atomic E-state index is 0.300. The van der Waals surface area contributed by atoms with Crippen LogP contribution in [-0.2, 0) is 6.18 Å². The lowest BCUT2D eigenvalue weighted by molar-refractivity contribution is -0.138. The highest BCUT2D eigenvalue weighted by atomic mass is 19.4. The van der Waals surface area contributed by atoms with Crippen molar-refractivity contribution in [2.75, 3.05) is 0 Å². The predicted molar refractivity (Wildman–Crippen MR) is 56.3 cm³/mol. The van der Waals surface area contributed by atoms with E-state index < -0.39 is 17.3 Å². The minimum Gasteiger partial charge on any atom is -0.328 e. The first-order valence-corrected chi connectivity index (χ1v) is 4.75. The van der Waals surface area contributed by atoms with E-state index in [9.17, 15) is 18.0 Å². The molecule has 87 valence electrons. The smallest absolute Gasteiger partial charge is 0.328 e. The van der Waals surface area contributed by atoms with Gasteiger partial charge in [0.15, 0.2) is 0 Å². The van der Waals surface area contributed by atoms with Gasteiger partial charge in [-0.15, -0.1) is 0 Å². The van der Waals surface area contributed by atoms with Gasteiger partial charge in [0.2, 0.25) is 0 Å². The van der Waals surface area contributed by atoms with Crippen molar-refractivity contribution in [1.29, 1.82) is 0 Å². The van der Waals surface area contributed by atoms with Gasteiger partial charge in [-0.25, -0.2) is 0 Å². The van der Waals surface area contributed by atoms with E-state index >= 15 is 0 Å². The van der Waals surface area contributed by atoms with Crippen molar-refractivity contribution in [1.82, 2.24) is 4.98 Å². The highest BCUT2D eigenvalue weighted by molar-refractivity contribution is 5.62. The van der Waals surface area contributed by atoms with Crippen LogP contribution in [-0.4, -0.2) is 4.98 Å². The predicted octanol–water partition coefficient (Wildman–Crippen LogP) is 2.86. The molecule has 2 aromatic rings. The van der Waals surface area contributed by atoms with Crippen molar-refractivity contribution in [2.45, 2.75) is 6.18 Å². The number of alkyl halides is 3. The number of aromatic amines is 1. The monoisotopic (exact) mass is 238 g/mol. The first kappa shape index (κ1) is 11.4. The Morgan fingerprint density at radius 3 is 2.59 bits per heavy atom. The van der Waals surface area contributed by atoms with E-state index in [4.69, 9.17) is 0 Å². The van der Waals surface area contributed by atoms with Gasteiger partial charge in [-0.2, -0.15) is 13.2 Å². The Hall–Kier alpha value is -2.04. The Morgan fingerprint density at radius 1 is 1.24 bits per heavy atom. The molecule has 0 saturated heterocycles. The minimum atomic E-state index is -4.65. The third-order valence-corrected chi connectivity index (χ3v) is 2.25. The van der Waals surface area contributed by atoms with Gasteiger partial charge < -0.3 is 4.98 Å². The number of halogens is 3. The van der Waals surface area contributed by atoms with Gasteiger partial charge in [0, 0.05) is 6.20 Å². The molecule has 1 N–H and O–H groups in total. The number of H-pyrrole nitrogens is 1. The molecule has 0 atom stereocenters. The molecule has 1 aromatic carbocycles. The van der Waals surface area contributed by atoms with Crippen molar-refractivity contribution in [2.24, 2.45) is 0 Å². The lowest BCUT2D eigenvalue weighted by atomic mass is 10.1. The van der Waals surface area contributed by atoms with Gasteiger partial charge in [0.1, 0.15) is 5.56 Å². The summed E-state index contributed by atoms with van der Waals surface area (Å²) in [5.41, 5.74) is -1.47. The number of aromatic nitrogens is 1. The van der Waals surface area contributed by atoms with Crippen molar-refractivity contribution in [3.05, 3.63) is 58.5 Å². The van der Waals surface area contributed by atoms with Crippen LogP contribution in [0.15, 0.2) is 41.3 Å². The van der Waals surface area contributed by atoms with E-state index in [1.165, 1.54) is 6.20 Å². The van der Waals surface area contributed by atoms with E-state index in [1.54, 1.807) is 24.3 Å². The fraction of sp³-hybridized carbons (Fsp3) is 0.0833. The number of nitrogens with one attached hydrogen (secondary N) is 1. The van der Waals surface area contributed by atoms with Gasteiger partial charge in [-0.3, -0.25) is 4.79 Å². The maximum atomic E-state index is 12.5. The Bertz CT molecular complexity index is 572. The molecular formula is C12H7F3NO. The van der Waals surface area contributed by atoms with Gasteiger partial charge in [-0.1, -0.05) is 18.2 Å². The standard InChI is InChI=1S/C12H7F3NO/c13-12(14,15)10-6-9(7-16-11(10)17)8-4-2-1-3-5-8/h1-2,4-7H,(H,16,17). The van der Waals surface area contributed by atoms with Crippen molar-refractivity contribution < 1.29 is 13.2 Å². The molecule has 2 nitrogen and oxygen atoms in total. The molecule has 0 bridgehead atoms. The zero-order valence-electron chi connectivity index (χ0n) is 8.51. The van der Waals surface area contributed by atoms with Crippen LogP contribution in [0.4, 0.5) is 13.2 Å². The lowest BCUT2D eigenvalue weighted by Crippen LogP contribution is -2.20. The normalized spacial score (nSPS) is 11.5. The molecule has 0 fully saturated rings. The van der Waals surface area contributed by atoms with Crippen LogP contribution in [0.5, 0.6) is 0 Å². The van der Waals surface area contributed by atoms with Crippen molar-refractivity contribution >= 4 is 0 Å². The third kappa shape index (κ3) is 2.38. The molecule has 5 heteroatoms. The summed E-state index contributed by atoms with van der Waals surface area (Å²) in [6, 6.07) is 10.1. The summed E-state index contributed by atoms with van der Waals surface area (Å²) in [6.45, 7) is 0. The molecule has 0 saturated carbocycles. The highest BCUT2D eigenvalue weighted by Crippen LogP contribution is 2.28. The van der Waals surface area contributed by atoms with Gasteiger partial charge in [0.25, 0.3) is 5.56 Å². The topological polar surface area (TPSA) is 32.9 Å². The molecule has 1 heterocycles. The van der Waals surface area contributed by atoms with Crippen LogP contribution in [0.3, 0.4) is 0 Å². The van der Waals surface area contributed by atoms with E-state index in [-0.39, 0.29) is 0 Å². The Balaban J connectivity index is 2.57. The highest BCUT2D eigenvalue weighted by Gasteiger charge is 2.34. The maximum Gasteiger partial charge on any atom is 0.421 e. The van der Waals surface area contributed by atoms with Crippen LogP contribution in [0.2, 0.25) is 0 Å². The van der Waals surface area contributed by atoms with Crippen LogP contribution < -0.4 is 5.56 Å². The number of rotatable bonds is 1. The molecule has 0 amide bonds. The quantitative estimate of drug-likeness (QED) is 0.814. The van der Waals surface area contributed by atoms with Crippen LogP contribution in [0.1, 0.15) is 5.56 Å². The SMILES string of the molecule is O=c1[nH]cc(-c2c[c]ccc2)cc1C(F)(F)F. The molecular weight excluding hydrogens is 231 g/mol. The molecule has 17 heavy (non-hydrogen) atoms. The molecule has 0 aliphatic rings. The fourth-order valence-corrected chi connectivity index (χ4v) is 1.43. The summed E-state index contributed by atoms with van der Waals surface area (Å²) in [6.07, 6.45) is -3.40. The molecule has 1 aromatic heterocycles. The zero-order chi connectivity index (χ0) is 12.5. The first-order chi connectivity index (χ1) is 7.98. The fourth-order valence-electron chi connectivity index (χ4n) is 1.43. The summed E-state index contributed by atoms with van der Waals surface area (Å²) >= 11 is 0. The van der Waals surface area contributed by atoms with E-state index in [0.717, 1.165) is 6.07 Å². The number of hydrogen-bond acceptors (Lipinski definition) is 1. The number of benzene rings is 1. The average Bonchev–Trinajstić information content (AvgIpc) is 2.29. The summed E-state index contributed by atoms with van der Waals surface area (Å²) in [4.78, 5) is 13.2. The van der Waals surface area contributed by atoms with Crippen LogP contribution >= 0.6 is 0 Å². The lowest BCUT2D eigenvalue weighted by Gasteiger charge is -2.07. The largest absolute Gasteiger partial charge is 0.421 e. The maximum absolute atomic E-state index is 12.5. The second kappa shape index (κ2) is 4.08. The Morgan fingerprint density at radius 2 is 2.00 bits per heavy atom. The van der Waals surface area contributed by atoms with E-state index in [1.807, 2.05) is 0 Å². The van der Waals surface area contributed by atoms with Crippen molar-refractivity contribution in [3.8, 4) is 11.1 Å². The average molecular weight is 238 g/mol. The van der Waals surface area contributed by atoms with E-state index in [0.29, 0.717) is 11.1 Å². The first-order valence-electron chi connectivity index (χ1n) is 4.75. The second-order valence-electron chi connectivity index (χ2n) is 3.42. The molecule has 2 rings (SSSR count). The summed E-state index contributed by atoms with van der Waals surface area (Å²) in [5.74, 6) is 0. The van der Waals surface area contributed by atoms with Crippen LogP contribution in [0, 0.1) is 6.07 Å². The van der Waals surface area contributed by atoms with Gasteiger partial charge in [0.05, 0.1) is 0 Å². The van der Waals surface area contributed by atoms with Gasteiger partial charge >= 0.3 is 6.18 Å². The Labute approximate surface area is 94.7 Å². The van der Waals surface area contributed by atoms with E-state index in [2.05, 4.69) is 11.1 Å². The van der Waals surface area contributed by atoms with Gasteiger partial charge in [-0.05, 0) is 29.3 Å². The number of hydrogen-bond donors (Lipinski definition) is 1. The van der Waals surface area contributed by atoms with Crippen molar-refractivity contribution in [3.63, 3.8) is 0 Å². The summed E-state index contributed by atoms with van der Waals surface area (Å²) < 4.78 is 37.5. The Kier molecular flexibility index (Phi) is 2.75. The summed E-state index contributed by atoms with van der Waals surface area (Å²) in [5, 5.41) is 0. The third-order valence-electron chi connectivity index (χ3n) is 2.25. The zero-order valence-corrected chi connectivity index (χ0v) is 8.51. The molecule has 1 radical (unpaired) electrons. The number of pyridine rings is 1. The molecule has 0 unspecified atom stereocenters. The molecule has 0 spiro atoms. The summed E-state index contributed by atoms with van der Waals surface area (Å²) in [7, 11) is 0.